The zero-order valence-corrected chi connectivity index (χ0v) is 10.7. The Labute approximate surface area is 98.1 Å². The molecule has 1 aliphatic heterocycles. The van der Waals surface area contributed by atoms with Crippen LogP contribution in [0, 0.1) is 11.3 Å². The molecular formula is C13H23NO2. The largest absolute Gasteiger partial charge is 0.469 e. The summed E-state index contributed by atoms with van der Waals surface area (Å²) >= 11 is 0. The van der Waals surface area contributed by atoms with E-state index < -0.39 is 0 Å². The summed E-state index contributed by atoms with van der Waals surface area (Å²) in [5.74, 6) is 0.0907. The van der Waals surface area contributed by atoms with Gasteiger partial charge in [-0.15, -0.1) is 0 Å². The van der Waals surface area contributed by atoms with E-state index in [4.69, 9.17) is 4.74 Å². The van der Waals surface area contributed by atoms with Crippen LogP contribution in [0.25, 0.3) is 0 Å². The number of nitrogens with zero attached hydrogens (tertiary/aromatic N) is 1. The molecule has 2 fully saturated rings. The van der Waals surface area contributed by atoms with Crippen molar-refractivity contribution in [2.75, 3.05) is 20.2 Å². The average molecular weight is 225 g/mol. The van der Waals surface area contributed by atoms with Crippen LogP contribution in [0.2, 0.25) is 0 Å². The molecular weight excluding hydrogens is 202 g/mol. The number of piperidine rings is 1. The summed E-state index contributed by atoms with van der Waals surface area (Å²) in [5.41, 5.74) is 0.274. The van der Waals surface area contributed by atoms with Gasteiger partial charge in [0.2, 0.25) is 0 Å². The molecule has 0 amide bonds. The number of likely N-dealkylation sites (tertiary alicyclic amines) is 1. The van der Waals surface area contributed by atoms with Crippen LogP contribution >= 0.6 is 0 Å². The fraction of sp³-hybridized carbons (Fsp3) is 0.923. The van der Waals surface area contributed by atoms with Crippen LogP contribution in [-0.4, -0.2) is 37.1 Å². The van der Waals surface area contributed by atoms with Gasteiger partial charge in [0.05, 0.1) is 13.0 Å². The zero-order valence-electron chi connectivity index (χ0n) is 10.7. The fourth-order valence-electron chi connectivity index (χ4n) is 3.49. The lowest BCUT2D eigenvalue weighted by molar-refractivity contribution is -0.164. The number of methoxy groups -OCH3 is 1. The minimum atomic E-state index is -0.0186. The van der Waals surface area contributed by atoms with Crippen LogP contribution in [0.4, 0.5) is 0 Å². The highest BCUT2D eigenvalue weighted by Crippen LogP contribution is 2.49. The Bertz CT molecular complexity index is 269. The van der Waals surface area contributed by atoms with E-state index in [9.17, 15) is 4.79 Å². The maximum absolute atomic E-state index is 11.7. The van der Waals surface area contributed by atoms with Crippen LogP contribution < -0.4 is 0 Å². The molecule has 3 nitrogen and oxygen atoms in total. The molecule has 0 aromatic carbocycles. The minimum absolute atomic E-state index is 0.0186. The second kappa shape index (κ2) is 4.36. The Hall–Kier alpha value is -0.570. The van der Waals surface area contributed by atoms with E-state index in [1.165, 1.54) is 26.4 Å². The topological polar surface area (TPSA) is 29.5 Å². The maximum Gasteiger partial charge on any atom is 0.310 e. The minimum Gasteiger partial charge on any atom is -0.469 e. The van der Waals surface area contributed by atoms with Gasteiger partial charge in [-0.25, -0.2) is 0 Å². The van der Waals surface area contributed by atoms with Crippen molar-refractivity contribution in [2.24, 2.45) is 11.3 Å². The van der Waals surface area contributed by atoms with Crippen molar-refractivity contribution in [2.45, 2.75) is 45.6 Å². The third kappa shape index (κ3) is 1.97. The Kier molecular flexibility index (Phi) is 3.24. The Morgan fingerprint density at radius 3 is 2.38 bits per heavy atom. The van der Waals surface area contributed by atoms with Gasteiger partial charge >= 0.3 is 5.97 Å². The number of hydrogen-bond acceptors (Lipinski definition) is 3. The standard InChI is InChI=1S/C13H23NO2/c1-13(2)9-10(12(15)16-3)11(13)14-7-5-4-6-8-14/h10-11H,4-9H2,1-3H3. The van der Waals surface area contributed by atoms with Gasteiger partial charge in [-0.3, -0.25) is 9.69 Å². The quantitative estimate of drug-likeness (QED) is 0.674. The van der Waals surface area contributed by atoms with E-state index >= 15 is 0 Å². The molecule has 0 aromatic heterocycles. The lowest BCUT2D eigenvalue weighted by atomic mass is 9.59. The van der Waals surface area contributed by atoms with Gasteiger partial charge in [-0.05, 0) is 37.8 Å². The summed E-state index contributed by atoms with van der Waals surface area (Å²) in [7, 11) is 1.50. The van der Waals surface area contributed by atoms with E-state index in [-0.39, 0.29) is 17.3 Å². The van der Waals surface area contributed by atoms with Gasteiger partial charge in [0, 0.05) is 6.04 Å². The van der Waals surface area contributed by atoms with Crippen molar-refractivity contribution in [3.8, 4) is 0 Å². The first-order valence-corrected chi connectivity index (χ1v) is 6.38. The number of carbonyl (C=O) groups is 1. The molecule has 2 aliphatic rings. The van der Waals surface area contributed by atoms with Crippen LogP contribution in [0.1, 0.15) is 39.5 Å². The first-order valence-electron chi connectivity index (χ1n) is 6.38. The molecule has 2 unspecified atom stereocenters. The SMILES string of the molecule is COC(=O)C1CC(C)(C)C1N1CCCCC1. The van der Waals surface area contributed by atoms with Crippen molar-refractivity contribution in [1.29, 1.82) is 0 Å². The Morgan fingerprint density at radius 1 is 1.25 bits per heavy atom. The van der Waals surface area contributed by atoms with Crippen molar-refractivity contribution in [1.82, 2.24) is 4.90 Å². The molecule has 0 radical (unpaired) electrons. The summed E-state index contributed by atoms with van der Waals surface area (Å²) in [6.07, 6.45) is 4.87. The van der Waals surface area contributed by atoms with Gasteiger partial charge in [-0.2, -0.15) is 0 Å². The van der Waals surface area contributed by atoms with Gasteiger partial charge in [0.25, 0.3) is 0 Å². The van der Waals surface area contributed by atoms with Gasteiger partial charge < -0.3 is 4.74 Å². The highest BCUT2D eigenvalue weighted by Gasteiger charge is 2.53. The van der Waals surface area contributed by atoms with Crippen molar-refractivity contribution >= 4 is 5.97 Å². The number of ether oxygens (including phenoxy) is 1. The molecule has 0 N–H and O–H groups in total. The summed E-state index contributed by atoms with van der Waals surface area (Å²) in [6, 6.07) is 0.403. The van der Waals surface area contributed by atoms with E-state index in [0.29, 0.717) is 6.04 Å². The summed E-state index contributed by atoms with van der Waals surface area (Å²) in [5, 5.41) is 0. The smallest absolute Gasteiger partial charge is 0.310 e. The number of carbonyl (C=O) groups excluding carboxylic acids is 1. The molecule has 1 saturated heterocycles. The number of esters is 1. The third-order valence-electron chi connectivity index (χ3n) is 4.22. The zero-order chi connectivity index (χ0) is 11.8. The maximum atomic E-state index is 11.7. The molecule has 2 atom stereocenters. The number of hydrogen-bond donors (Lipinski definition) is 0. The van der Waals surface area contributed by atoms with Gasteiger partial charge in [0.1, 0.15) is 0 Å². The van der Waals surface area contributed by atoms with Crippen molar-refractivity contribution in [3.63, 3.8) is 0 Å². The molecule has 0 bridgehead atoms. The molecule has 3 heteroatoms. The van der Waals surface area contributed by atoms with Crippen molar-refractivity contribution in [3.05, 3.63) is 0 Å². The molecule has 0 spiro atoms. The predicted octanol–water partition coefficient (Wildman–Crippen LogP) is 2.06. The molecule has 16 heavy (non-hydrogen) atoms. The Morgan fingerprint density at radius 2 is 1.88 bits per heavy atom. The van der Waals surface area contributed by atoms with Gasteiger partial charge in [-0.1, -0.05) is 20.3 Å². The summed E-state index contributed by atoms with van der Waals surface area (Å²) in [4.78, 5) is 14.2. The lowest BCUT2D eigenvalue weighted by Crippen LogP contribution is -2.62. The normalized spacial score (nSPS) is 34.2. The monoisotopic (exact) mass is 225 g/mol. The van der Waals surface area contributed by atoms with E-state index in [1.54, 1.807) is 0 Å². The lowest BCUT2D eigenvalue weighted by Gasteiger charge is -2.55. The van der Waals surface area contributed by atoms with Crippen molar-refractivity contribution < 1.29 is 9.53 Å². The van der Waals surface area contributed by atoms with E-state index in [0.717, 1.165) is 19.5 Å². The second-order valence-electron chi connectivity index (χ2n) is 5.86. The highest BCUT2D eigenvalue weighted by molar-refractivity contribution is 5.74. The summed E-state index contributed by atoms with van der Waals surface area (Å²) < 4.78 is 4.90. The van der Waals surface area contributed by atoms with E-state index in [2.05, 4.69) is 18.7 Å². The first kappa shape index (κ1) is 11.9. The molecule has 2 rings (SSSR count). The fourth-order valence-corrected chi connectivity index (χ4v) is 3.49. The third-order valence-corrected chi connectivity index (χ3v) is 4.22. The second-order valence-corrected chi connectivity index (χ2v) is 5.86. The van der Waals surface area contributed by atoms with Crippen LogP contribution in [0.5, 0.6) is 0 Å². The molecule has 0 aromatic rings. The van der Waals surface area contributed by atoms with E-state index in [1.807, 2.05) is 0 Å². The van der Waals surface area contributed by atoms with Gasteiger partial charge in [0.15, 0.2) is 0 Å². The summed E-state index contributed by atoms with van der Waals surface area (Å²) in [6.45, 7) is 6.85. The molecule has 1 heterocycles. The van der Waals surface area contributed by atoms with Crippen LogP contribution in [0.15, 0.2) is 0 Å². The van der Waals surface area contributed by atoms with Crippen LogP contribution in [0.3, 0.4) is 0 Å². The predicted molar refractivity (Wildman–Crippen MR) is 63.1 cm³/mol. The Balaban J connectivity index is 2.05. The first-order chi connectivity index (χ1) is 7.56. The molecule has 92 valence electrons. The highest BCUT2D eigenvalue weighted by atomic mass is 16.5. The molecule has 1 aliphatic carbocycles. The number of rotatable bonds is 2. The molecule has 1 saturated carbocycles. The van der Waals surface area contributed by atoms with Crippen LogP contribution in [-0.2, 0) is 9.53 Å². The average Bonchev–Trinajstić information content (AvgIpc) is 2.26.